The molecule has 114 valence electrons. The Morgan fingerprint density at radius 1 is 1.43 bits per heavy atom. The van der Waals surface area contributed by atoms with E-state index in [9.17, 15) is 0 Å². The fraction of sp³-hybridized carbons (Fsp3) is 0.625. The van der Waals surface area contributed by atoms with Gasteiger partial charge in [-0.05, 0) is 19.8 Å². The fourth-order valence-corrected chi connectivity index (χ4v) is 3.48. The molecule has 1 N–H and O–H groups in total. The molecule has 1 saturated carbocycles. The number of aromatic nitrogens is 3. The van der Waals surface area contributed by atoms with Gasteiger partial charge in [-0.3, -0.25) is 0 Å². The second-order valence-electron chi connectivity index (χ2n) is 6.80. The molecular weight excluding hydrogens is 280 g/mol. The van der Waals surface area contributed by atoms with E-state index in [0.29, 0.717) is 6.04 Å². The Morgan fingerprint density at radius 3 is 2.76 bits per heavy atom. The first-order valence-corrected chi connectivity index (χ1v) is 8.59. The Kier molecular flexibility index (Phi) is 3.88. The largest absolute Gasteiger partial charge is 0.333 e. The summed E-state index contributed by atoms with van der Waals surface area (Å²) < 4.78 is 2.21. The summed E-state index contributed by atoms with van der Waals surface area (Å²) in [7, 11) is 0. The van der Waals surface area contributed by atoms with Gasteiger partial charge in [0.1, 0.15) is 11.0 Å². The molecule has 0 saturated heterocycles. The minimum absolute atomic E-state index is 0.101. The Labute approximate surface area is 130 Å². The van der Waals surface area contributed by atoms with Gasteiger partial charge in [0.15, 0.2) is 0 Å². The normalized spacial score (nSPS) is 17.1. The lowest BCUT2D eigenvalue weighted by Crippen LogP contribution is -2.26. The second kappa shape index (κ2) is 5.54. The maximum Gasteiger partial charge on any atom is 0.116 e. The molecule has 0 aromatic carbocycles. The molecule has 3 rings (SSSR count). The van der Waals surface area contributed by atoms with Crippen LogP contribution in [0.1, 0.15) is 63.0 Å². The Balaban J connectivity index is 1.93. The lowest BCUT2D eigenvalue weighted by molar-refractivity contribution is 0.538. The summed E-state index contributed by atoms with van der Waals surface area (Å²) in [4.78, 5) is 9.23. The second-order valence-corrected chi connectivity index (χ2v) is 7.69. The predicted octanol–water partition coefficient (Wildman–Crippen LogP) is 3.50. The van der Waals surface area contributed by atoms with E-state index in [1.54, 1.807) is 11.3 Å². The molecule has 1 fully saturated rings. The minimum atomic E-state index is 0.101. The van der Waals surface area contributed by atoms with E-state index < -0.39 is 0 Å². The number of hydrogen-bond donors (Lipinski definition) is 1. The van der Waals surface area contributed by atoms with E-state index >= 15 is 0 Å². The molecule has 1 atom stereocenters. The summed E-state index contributed by atoms with van der Waals surface area (Å²) >= 11 is 1.76. The van der Waals surface area contributed by atoms with Gasteiger partial charge in [-0.25, -0.2) is 9.97 Å². The van der Waals surface area contributed by atoms with Crippen LogP contribution in [0.4, 0.5) is 0 Å². The van der Waals surface area contributed by atoms with E-state index in [4.69, 9.17) is 4.98 Å². The molecule has 21 heavy (non-hydrogen) atoms. The van der Waals surface area contributed by atoms with Crippen LogP contribution in [0.2, 0.25) is 0 Å². The lowest BCUT2D eigenvalue weighted by Gasteiger charge is -2.19. The Morgan fingerprint density at radius 2 is 2.19 bits per heavy atom. The van der Waals surface area contributed by atoms with Gasteiger partial charge in [-0.15, -0.1) is 11.3 Å². The van der Waals surface area contributed by atoms with Gasteiger partial charge in [0, 0.05) is 23.4 Å². The van der Waals surface area contributed by atoms with Crippen molar-refractivity contribution in [1.82, 2.24) is 19.9 Å². The van der Waals surface area contributed by atoms with Gasteiger partial charge < -0.3 is 9.88 Å². The maximum atomic E-state index is 4.91. The SMILES string of the molecule is CCn1cncc1C(NC1CC1)c1nc(C(C)(C)C)cs1. The molecule has 5 heteroatoms. The molecule has 0 bridgehead atoms. The van der Waals surface area contributed by atoms with Gasteiger partial charge in [-0.1, -0.05) is 20.8 Å². The number of aryl methyl sites for hydroxylation is 1. The van der Waals surface area contributed by atoms with Gasteiger partial charge in [0.2, 0.25) is 0 Å². The highest BCUT2D eigenvalue weighted by Gasteiger charge is 2.30. The first kappa shape index (κ1) is 14.7. The number of rotatable bonds is 5. The number of hydrogen-bond acceptors (Lipinski definition) is 4. The zero-order valence-corrected chi connectivity index (χ0v) is 14.1. The summed E-state index contributed by atoms with van der Waals surface area (Å²) in [6.07, 6.45) is 6.43. The third-order valence-electron chi connectivity index (χ3n) is 3.90. The Bertz CT molecular complexity index is 604. The summed E-state index contributed by atoms with van der Waals surface area (Å²) in [6, 6.07) is 0.804. The van der Waals surface area contributed by atoms with Crippen LogP contribution in [0.15, 0.2) is 17.9 Å². The number of nitrogens with one attached hydrogen (secondary N) is 1. The summed E-state index contributed by atoms with van der Waals surface area (Å²) in [5, 5.41) is 7.09. The zero-order chi connectivity index (χ0) is 15.0. The molecule has 2 heterocycles. The van der Waals surface area contributed by atoms with Crippen LogP contribution >= 0.6 is 11.3 Å². The average molecular weight is 304 g/mol. The summed E-state index contributed by atoms with van der Waals surface area (Å²) in [5.74, 6) is 0. The van der Waals surface area contributed by atoms with Crippen LogP contribution in [-0.2, 0) is 12.0 Å². The van der Waals surface area contributed by atoms with E-state index in [1.165, 1.54) is 24.2 Å². The van der Waals surface area contributed by atoms with E-state index in [2.05, 4.69) is 47.9 Å². The molecule has 0 spiro atoms. The monoisotopic (exact) mass is 304 g/mol. The highest BCUT2D eigenvalue weighted by molar-refractivity contribution is 7.09. The molecule has 1 unspecified atom stereocenters. The minimum Gasteiger partial charge on any atom is -0.333 e. The van der Waals surface area contributed by atoms with Crippen LogP contribution in [0, 0.1) is 0 Å². The first-order chi connectivity index (χ1) is 9.99. The van der Waals surface area contributed by atoms with Crippen molar-refractivity contribution in [2.75, 3.05) is 0 Å². The van der Waals surface area contributed by atoms with E-state index in [1.807, 2.05) is 12.5 Å². The predicted molar refractivity (Wildman–Crippen MR) is 86.7 cm³/mol. The third-order valence-corrected chi connectivity index (χ3v) is 4.81. The molecular formula is C16H24N4S. The van der Waals surface area contributed by atoms with Crippen molar-refractivity contribution in [1.29, 1.82) is 0 Å². The molecule has 0 amide bonds. The van der Waals surface area contributed by atoms with Crippen molar-refractivity contribution in [3.63, 3.8) is 0 Å². The molecule has 1 aliphatic rings. The van der Waals surface area contributed by atoms with Crippen LogP contribution in [-0.4, -0.2) is 20.6 Å². The van der Waals surface area contributed by atoms with Crippen molar-refractivity contribution in [3.05, 3.63) is 34.3 Å². The topological polar surface area (TPSA) is 42.7 Å². The lowest BCUT2D eigenvalue weighted by atomic mass is 9.93. The summed E-state index contributed by atoms with van der Waals surface area (Å²) in [6.45, 7) is 9.74. The highest BCUT2D eigenvalue weighted by Crippen LogP contribution is 2.32. The third kappa shape index (κ3) is 3.19. The molecule has 2 aromatic heterocycles. The first-order valence-electron chi connectivity index (χ1n) is 7.71. The molecule has 0 aliphatic heterocycles. The van der Waals surface area contributed by atoms with Gasteiger partial charge >= 0.3 is 0 Å². The van der Waals surface area contributed by atoms with Crippen LogP contribution in [0.25, 0.3) is 0 Å². The van der Waals surface area contributed by atoms with Crippen LogP contribution in [0.3, 0.4) is 0 Å². The van der Waals surface area contributed by atoms with Crippen LogP contribution in [0.5, 0.6) is 0 Å². The van der Waals surface area contributed by atoms with E-state index in [0.717, 1.165) is 11.6 Å². The van der Waals surface area contributed by atoms with Crippen molar-refractivity contribution in [2.45, 2.75) is 64.6 Å². The van der Waals surface area contributed by atoms with Crippen molar-refractivity contribution < 1.29 is 0 Å². The standard InChI is InChI=1S/C16H24N4S/c1-5-20-10-17-8-12(20)14(18-11-6-7-11)15-19-13(9-21-15)16(2,3)4/h8-11,14,18H,5-7H2,1-4H3. The molecule has 0 radical (unpaired) electrons. The zero-order valence-electron chi connectivity index (χ0n) is 13.3. The highest BCUT2D eigenvalue weighted by atomic mass is 32.1. The van der Waals surface area contributed by atoms with Crippen molar-refractivity contribution in [2.24, 2.45) is 0 Å². The van der Waals surface area contributed by atoms with Crippen molar-refractivity contribution >= 4 is 11.3 Å². The molecule has 4 nitrogen and oxygen atoms in total. The smallest absolute Gasteiger partial charge is 0.116 e. The van der Waals surface area contributed by atoms with Crippen LogP contribution < -0.4 is 5.32 Å². The number of nitrogens with zero attached hydrogens (tertiary/aromatic N) is 3. The van der Waals surface area contributed by atoms with Gasteiger partial charge in [-0.2, -0.15) is 0 Å². The van der Waals surface area contributed by atoms with E-state index in [-0.39, 0.29) is 11.5 Å². The average Bonchev–Trinajstić information content (AvgIpc) is 2.95. The fourth-order valence-electron chi connectivity index (χ4n) is 2.37. The number of imidazole rings is 1. The Hall–Kier alpha value is -1.20. The van der Waals surface area contributed by atoms with Crippen molar-refractivity contribution in [3.8, 4) is 0 Å². The van der Waals surface area contributed by atoms with Gasteiger partial charge in [0.05, 0.1) is 23.9 Å². The molecule has 1 aliphatic carbocycles. The maximum absolute atomic E-state index is 4.91. The summed E-state index contributed by atoms with van der Waals surface area (Å²) in [5.41, 5.74) is 2.50. The number of thiazole rings is 1. The molecule has 2 aromatic rings. The quantitative estimate of drug-likeness (QED) is 0.919. The van der Waals surface area contributed by atoms with Gasteiger partial charge in [0.25, 0.3) is 0 Å².